The van der Waals surface area contributed by atoms with Gasteiger partial charge in [0, 0.05) is 30.9 Å². The van der Waals surface area contributed by atoms with Gasteiger partial charge >= 0.3 is 0 Å². The molecule has 0 aliphatic rings. The number of nitrogens with zero attached hydrogens (tertiary/aromatic N) is 2. The smallest absolute Gasteiger partial charge is 0.161 e. The molecule has 0 fully saturated rings. The van der Waals surface area contributed by atoms with Gasteiger partial charge in [0.2, 0.25) is 0 Å². The van der Waals surface area contributed by atoms with E-state index in [0.29, 0.717) is 0 Å². The van der Waals surface area contributed by atoms with Crippen molar-refractivity contribution < 1.29 is 9.47 Å². The van der Waals surface area contributed by atoms with E-state index in [-0.39, 0.29) is 0 Å². The molecule has 1 N–H and O–H groups in total. The summed E-state index contributed by atoms with van der Waals surface area (Å²) in [6.45, 7) is 6.68. The van der Waals surface area contributed by atoms with Gasteiger partial charge in [-0.15, -0.1) is 0 Å². The maximum atomic E-state index is 5.31. The summed E-state index contributed by atoms with van der Waals surface area (Å²) in [5, 5.41) is 7.79. The van der Waals surface area contributed by atoms with Crippen LogP contribution in [0.2, 0.25) is 0 Å². The van der Waals surface area contributed by atoms with Gasteiger partial charge in [0.15, 0.2) is 11.5 Å². The molecule has 0 atom stereocenters. The zero-order valence-corrected chi connectivity index (χ0v) is 13.1. The summed E-state index contributed by atoms with van der Waals surface area (Å²) in [4.78, 5) is 0. The van der Waals surface area contributed by atoms with Crippen LogP contribution in [0.5, 0.6) is 11.5 Å². The zero-order chi connectivity index (χ0) is 15.2. The van der Waals surface area contributed by atoms with Crippen molar-refractivity contribution in [3.05, 3.63) is 41.2 Å². The summed E-state index contributed by atoms with van der Waals surface area (Å²) in [5.74, 6) is 1.51. The van der Waals surface area contributed by atoms with Crippen LogP contribution in [-0.2, 0) is 19.6 Å². The molecule has 0 amide bonds. The highest BCUT2D eigenvalue weighted by atomic mass is 16.5. The Kier molecular flexibility index (Phi) is 5.22. The maximum absolute atomic E-state index is 5.31. The Balaban J connectivity index is 1.95. The van der Waals surface area contributed by atoms with E-state index in [0.717, 1.165) is 36.7 Å². The normalized spacial score (nSPS) is 10.7. The molecule has 1 aromatic carbocycles. The van der Waals surface area contributed by atoms with Crippen LogP contribution in [0.1, 0.15) is 23.7 Å². The maximum Gasteiger partial charge on any atom is 0.161 e. The van der Waals surface area contributed by atoms with Gasteiger partial charge in [0.1, 0.15) is 0 Å². The number of aromatic nitrogens is 2. The molecule has 5 heteroatoms. The van der Waals surface area contributed by atoms with Gasteiger partial charge in [0.25, 0.3) is 0 Å². The van der Waals surface area contributed by atoms with Crippen LogP contribution in [0.15, 0.2) is 24.4 Å². The second-order valence-corrected chi connectivity index (χ2v) is 4.86. The molecule has 0 aliphatic heterocycles. The predicted octanol–water partition coefficient (Wildman–Crippen LogP) is 2.52. The molecule has 0 bridgehead atoms. The van der Waals surface area contributed by atoms with E-state index in [2.05, 4.69) is 24.3 Å². The number of hydrogen-bond donors (Lipinski definition) is 1. The van der Waals surface area contributed by atoms with Crippen LogP contribution in [0.3, 0.4) is 0 Å². The fourth-order valence-corrected chi connectivity index (χ4v) is 2.31. The number of nitrogens with one attached hydrogen (secondary N) is 1. The Labute approximate surface area is 125 Å². The third-order valence-corrected chi connectivity index (χ3v) is 3.60. The monoisotopic (exact) mass is 289 g/mol. The summed E-state index contributed by atoms with van der Waals surface area (Å²) in [6, 6.07) is 5.96. The minimum Gasteiger partial charge on any atom is -0.493 e. The summed E-state index contributed by atoms with van der Waals surface area (Å²) in [7, 11) is 3.29. The van der Waals surface area contributed by atoms with Crippen molar-refractivity contribution in [1.82, 2.24) is 15.1 Å². The lowest BCUT2D eigenvalue weighted by Crippen LogP contribution is -2.13. The molecule has 0 saturated heterocycles. The van der Waals surface area contributed by atoms with E-state index in [1.165, 1.54) is 11.3 Å². The molecule has 21 heavy (non-hydrogen) atoms. The molecule has 2 aromatic rings. The molecular formula is C16H23N3O2. The van der Waals surface area contributed by atoms with Gasteiger partial charge in [0.05, 0.1) is 20.4 Å². The molecule has 2 rings (SSSR count). The molecule has 5 nitrogen and oxygen atoms in total. The first kappa shape index (κ1) is 15.4. The lowest BCUT2D eigenvalue weighted by Gasteiger charge is -2.10. The highest BCUT2D eigenvalue weighted by molar-refractivity contribution is 5.42. The number of aryl methyl sites for hydroxylation is 1. The Morgan fingerprint density at radius 2 is 1.90 bits per heavy atom. The van der Waals surface area contributed by atoms with Crippen molar-refractivity contribution in [2.24, 2.45) is 0 Å². The zero-order valence-electron chi connectivity index (χ0n) is 13.1. The van der Waals surface area contributed by atoms with Gasteiger partial charge in [-0.2, -0.15) is 5.10 Å². The van der Waals surface area contributed by atoms with Crippen LogP contribution >= 0.6 is 0 Å². The Bertz CT molecular complexity index is 593. The van der Waals surface area contributed by atoms with Crippen molar-refractivity contribution in [1.29, 1.82) is 0 Å². The average molecular weight is 289 g/mol. The summed E-state index contributed by atoms with van der Waals surface area (Å²) >= 11 is 0. The van der Waals surface area contributed by atoms with Crippen LogP contribution in [-0.4, -0.2) is 24.0 Å². The first-order valence-electron chi connectivity index (χ1n) is 7.12. The van der Waals surface area contributed by atoms with E-state index in [9.17, 15) is 0 Å². The average Bonchev–Trinajstić information content (AvgIpc) is 2.87. The number of ether oxygens (including phenoxy) is 2. The minimum absolute atomic E-state index is 0.751. The number of hydrogen-bond acceptors (Lipinski definition) is 4. The molecule has 0 saturated carbocycles. The minimum atomic E-state index is 0.751. The van der Waals surface area contributed by atoms with Gasteiger partial charge < -0.3 is 14.8 Å². The Morgan fingerprint density at radius 3 is 2.52 bits per heavy atom. The largest absolute Gasteiger partial charge is 0.493 e. The molecule has 0 spiro atoms. The van der Waals surface area contributed by atoms with E-state index in [1.54, 1.807) is 14.2 Å². The molecule has 0 unspecified atom stereocenters. The molecule has 0 radical (unpaired) electrons. The van der Waals surface area contributed by atoms with Crippen LogP contribution in [0.4, 0.5) is 0 Å². The molecular weight excluding hydrogens is 266 g/mol. The molecule has 0 aliphatic carbocycles. The third-order valence-electron chi connectivity index (χ3n) is 3.60. The first-order valence-corrected chi connectivity index (χ1v) is 7.12. The van der Waals surface area contributed by atoms with Gasteiger partial charge in [-0.05, 0) is 31.5 Å². The SMILES string of the molecule is CCn1ncc(CNCc2ccc(OC)c(OC)c2)c1C. The first-order chi connectivity index (χ1) is 10.2. The van der Waals surface area contributed by atoms with Crippen molar-refractivity contribution in [3.63, 3.8) is 0 Å². The lowest BCUT2D eigenvalue weighted by molar-refractivity contribution is 0.354. The van der Waals surface area contributed by atoms with Gasteiger partial charge in [-0.1, -0.05) is 6.07 Å². The highest BCUT2D eigenvalue weighted by Crippen LogP contribution is 2.27. The van der Waals surface area contributed by atoms with Crippen molar-refractivity contribution >= 4 is 0 Å². The second kappa shape index (κ2) is 7.13. The number of rotatable bonds is 7. The molecule has 1 heterocycles. The summed E-state index contributed by atoms with van der Waals surface area (Å²) in [5.41, 5.74) is 3.61. The van der Waals surface area contributed by atoms with E-state index in [1.807, 2.05) is 29.1 Å². The van der Waals surface area contributed by atoms with Crippen molar-refractivity contribution in [2.75, 3.05) is 14.2 Å². The van der Waals surface area contributed by atoms with E-state index < -0.39 is 0 Å². The highest BCUT2D eigenvalue weighted by Gasteiger charge is 2.06. The predicted molar refractivity (Wildman–Crippen MR) is 82.7 cm³/mol. The number of benzene rings is 1. The van der Waals surface area contributed by atoms with Crippen molar-refractivity contribution in [2.45, 2.75) is 33.5 Å². The standard InChI is InChI=1S/C16H23N3O2/c1-5-19-12(2)14(11-18-19)10-17-9-13-6-7-15(20-3)16(8-13)21-4/h6-8,11,17H,5,9-10H2,1-4H3. The van der Waals surface area contributed by atoms with Crippen LogP contribution in [0, 0.1) is 6.92 Å². The van der Waals surface area contributed by atoms with Crippen LogP contribution in [0.25, 0.3) is 0 Å². The van der Waals surface area contributed by atoms with Gasteiger partial charge in [-0.25, -0.2) is 0 Å². The third kappa shape index (κ3) is 3.55. The quantitative estimate of drug-likeness (QED) is 0.851. The molecule has 1 aromatic heterocycles. The summed E-state index contributed by atoms with van der Waals surface area (Å²) in [6.07, 6.45) is 1.93. The fourth-order valence-electron chi connectivity index (χ4n) is 2.31. The van der Waals surface area contributed by atoms with E-state index in [4.69, 9.17) is 9.47 Å². The topological polar surface area (TPSA) is 48.3 Å². The van der Waals surface area contributed by atoms with Crippen molar-refractivity contribution in [3.8, 4) is 11.5 Å². The Morgan fingerprint density at radius 1 is 1.14 bits per heavy atom. The second-order valence-electron chi connectivity index (χ2n) is 4.86. The van der Waals surface area contributed by atoms with E-state index >= 15 is 0 Å². The van der Waals surface area contributed by atoms with Gasteiger partial charge in [-0.3, -0.25) is 4.68 Å². The summed E-state index contributed by atoms with van der Waals surface area (Å²) < 4.78 is 12.6. The lowest BCUT2D eigenvalue weighted by atomic mass is 10.2. The Hall–Kier alpha value is -2.01. The van der Waals surface area contributed by atoms with Crippen LogP contribution < -0.4 is 14.8 Å². The number of methoxy groups -OCH3 is 2. The molecule has 114 valence electrons. The fraction of sp³-hybridized carbons (Fsp3) is 0.438.